The summed E-state index contributed by atoms with van der Waals surface area (Å²) in [6, 6.07) is 10.8. The van der Waals surface area contributed by atoms with Crippen LogP contribution >= 0.6 is 34.8 Å². The second-order valence-electron chi connectivity index (χ2n) is 6.22. The molecule has 0 aromatic heterocycles. The Balaban J connectivity index is 1.72. The number of benzene rings is 2. The predicted molar refractivity (Wildman–Crippen MR) is 117 cm³/mol. The second kappa shape index (κ2) is 11.5. The lowest BCUT2D eigenvalue weighted by atomic mass is 10.2. The molecule has 0 fully saturated rings. The molecule has 0 heterocycles. The maximum Gasteiger partial charge on any atom is 0.326 e. The summed E-state index contributed by atoms with van der Waals surface area (Å²) in [5, 5.41) is 8.15. The van der Waals surface area contributed by atoms with E-state index < -0.39 is 42.9 Å². The first-order chi connectivity index (χ1) is 14.7. The van der Waals surface area contributed by atoms with Crippen molar-refractivity contribution in [3.05, 3.63) is 63.1 Å². The molecule has 0 saturated carbocycles. The zero-order valence-corrected chi connectivity index (χ0v) is 18.5. The smallest absolute Gasteiger partial charge is 0.326 e. The molecule has 8 nitrogen and oxygen atoms in total. The molecular formula is C20H18Cl3N3O5. The number of ether oxygens (including phenoxy) is 1. The third-order valence-corrected chi connectivity index (χ3v) is 4.57. The monoisotopic (exact) mass is 485 g/mol. The molecule has 11 heteroatoms. The Morgan fingerprint density at radius 1 is 0.935 bits per heavy atom. The fourth-order valence-corrected chi connectivity index (χ4v) is 2.95. The van der Waals surface area contributed by atoms with Gasteiger partial charge in [-0.1, -0.05) is 40.9 Å². The van der Waals surface area contributed by atoms with Crippen molar-refractivity contribution in [2.24, 2.45) is 0 Å². The second-order valence-corrected chi connectivity index (χ2v) is 7.50. The molecule has 1 unspecified atom stereocenters. The molecule has 31 heavy (non-hydrogen) atoms. The van der Waals surface area contributed by atoms with Crippen LogP contribution in [0.15, 0.2) is 42.5 Å². The topological polar surface area (TPSA) is 114 Å². The van der Waals surface area contributed by atoms with Crippen LogP contribution in [0, 0.1) is 0 Å². The Kier molecular flexibility index (Phi) is 9.11. The number of esters is 1. The Morgan fingerprint density at radius 3 is 2.32 bits per heavy atom. The average molecular weight is 487 g/mol. The number of hydrogen-bond acceptors (Lipinski definition) is 5. The first-order valence-electron chi connectivity index (χ1n) is 8.91. The van der Waals surface area contributed by atoms with Crippen molar-refractivity contribution in [1.29, 1.82) is 0 Å². The fourth-order valence-electron chi connectivity index (χ4n) is 2.27. The summed E-state index contributed by atoms with van der Waals surface area (Å²) >= 11 is 17.5. The molecule has 3 N–H and O–H groups in total. The van der Waals surface area contributed by atoms with Crippen LogP contribution in [0.4, 0.5) is 5.69 Å². The zero-order chi connectivity index (χ0) is 23.0. The van der Waals surface area contributed by atoms with E-state index in [0.29, 0.717) is 15.7 Å². The number of rotatable bonds is 8. The van der Waals surface area contributed by atoms with E-state index in [1.54, 1.807) is 24.3 Å². The first-order valence-corrected chi connectivity index (χ1v) is 10.0. The molecule has 3 amide bonds. The van der Waals surface area contributed by atoms with E-state index in [1.807, 2.05) is 0 Å². The fraction of sp³-hybridized carbons (Fsp3) is 0.200. The van der Waals surface area contributed by atoms with E-state index in [-0.39, 0.29) is 10.6 Å². The van der Waals surface area contributed by atoms with Gasteiger partial charge in [0, 0.05) is 15.7 Å². The Morgan fingerprint density at radius 2 is 1.65 bits per heavy atom. The standard InChI is InChI=1S/C20H18Cl3N3O5/c1-11(19(29)26-14-4-2-3-12(21)7-14)31-18(28)10-24-17(27)9-25-20(30)15-6-5-13(22)8-16(15)23/h2-8,11H,9-10H2,1H3,(H,24,27)(H,25,30)(H,26,29). The van der Waals surface area contributed by atoms with Crippen LogP contribution in [0.3, 0.4) is 0 Å². The van der Waals surface area contributed by atoms with E-state index in [9.17, 15) is 19.2 Å². The lowest BCUT2D eigenvalue weighted by Crippen LogP contribution is -2.40. The van der Waals surface area contributed by atoms with Crippen molar-refractivity contribution in [3.8, 4) is 0 Å². The summed E-state index contributed by atoms with van der Waals surface area (Å²) in [5.74, 6) is -2.60. The van der Waals surface area contributed by atoms with Gasteiger partial charge in [-0.15, -0.1) is 0 Å². The van der Waals surface area contributed by atoms with Gasteiger partial charge in [0.05, 0.1) is 17.1 Å². The predicted octanol–water partition coefficient (Wildman–Crippen LogP) is 3.06. The third-order valence-electron chi connectivity index (χ3n) is 3.78. The van der Waals surface area contributed by atoms with Crippen molar-refractivity contribution in [3.63, 3.8) is 0 Å². The van der Waals surface area contributed by atoms with Crippen LogP contribution < -0.4 is 16.0 Å². The number of hydrogen-bond donors (Lipinski definition) is 3. The summed E-state index contributed by atoms with van der Waals surface area (Å²) in [4.78, 5) is 47.8. The summed E-state index contributed by atoms with van der Waals surface area (Å²) < 4.78 is 4.97. The van der Waals surface area contributed by atoms with E-state index in [0.717, 1.165) is 0 Å². The first kappa shape index (κ1) is 24.5. The minimum Gasteiger partial charge on any atom is -0.451 e. The molecule has 2 aromatic rings. The summed E-state index contributed by atoms with van der Waals surface area (Å²) in [6.45, 7) is 0.511. The molecule has 0 bridgehead atoms. The van der Waals surface area contributed by atoms with Crippen LogP contribution in [0.1, 0.15) is 17.3 Å². The number of nitrogens with one attached hydrogen (secondary N) is 3. The van der Waals surface area contributed by atoms with Gasteiger partial charge in [-0.3, -0.25) is 19.2 Å². The average Bonchev–Trinajstić information content (AvgIpc) is 2.70. The van der Waals surface area contributed by atoms with Crippen molar-refractivity contribution < 1.29 is 23.9 Å². The van der Waals surface area contributed by atoms with Gasteiger partial charge in [0.25, 0.3) is 11.8 Å². The van der Waals surface area contributed by atoms with Gasteiger partial charge in [-0.25, -0.2) is 0 Å². The molecule has 2 aromatic carbocycles. The van der Waals surface area contributed by atoms with Gasteiger partial charge in [0.15, 0.2) is 6.10 Å². The largest absolute Gasteiger partial charge is 0.451 e. The van der Waals surface area contributed by atoms with E-state index in [4.69, 9.17) is 39.5 Å². The molecule has 2 rings (SSSR count). The molecule has 1 atom stereocenters. The maximum absolute atomic E-state index is 12.1. The molecule has 0 aliphatic heterocycles. The minimum atomic E-state index is -1.10. The van der Waals surface area contributed by atoms with Crippen molar-refractivity contribution in [1.82, 2.24) is 10.6 Å². The highest BCUT2D eigenvalue weighted by Crippen LogP contribution is 2.20. The Hall–Kier alpha value is -2.81. The van der Waals surface area contributed by atoms with Crippen LogP contribution in [0.2, 0.25) is 15.1 Å². The molecule has 164 valence electrons. The number of halogens is 3. The van der Waals surface area contributed by atoms with Crippen LogP contribution in [0.5, 0.6) is 0 Å². The molecular weight excluding hydrogens is 469 g/mol. The lowest BCUT2D eigenvalue weighted by Gasteiger charge is -2.14. The minimum absolute atomic E-state index is 0.138. The highest BCUT2D eigenvalue weighted by atomic mass is 35.5. The van der Waals surface area contributed by atoms with Gasteiger partial charge in [0.1, 0.15) is 6.54 Å². The summed E-state index contributed by atoms with van der Waals surface area (Å²) in [5.41, 5.74) is 0.600. The number of amides is 3. The number of carbonyl (C=O) groups excluding carboxylic acids is 4. The van der Waals surface area contributed by atoms with Gasteiger partial charge >= 0.3 is 5.97 Å². The van der Waals surface area contributed by atoms with Gasteiger partial charge in [-0.2, -0.15) is 0 Å². The van der Waals surface area contributed by atoms with Crippen molar-refractivity contribution >= 4 is 64.2 Å². The van der Waals surface area contributed by atoms with E-state index >= 15 is 0 Å². The number of anilines is 1. The summed E-state index contributed by atoms with van der Waals surface area (Å²) in [7, 11) is 0. The third kappa shape index (κ3) is 8.09. The maximum atomic E-state index is 12.1. The zero-order valence-electron chi connectivity index (χ0n) is 16.2. The van der Waals surface area contributed by atoms with Crippen molar-refractivity contribution in [2.75, 3.05) is 18.4 Å². The quantitative estimate of drug-likeness (QED) is 0.496. The normalized spacial score (nSPS) is 11.2. The molecule has 0 aliphatic rings. The van der Waals surface area contributed by atoms with Crippen molar-refractivity contribution in [2.45, 2.75) is 13.0 Å². The Bertz CT molecular complexity index is 1000. The molecule has 0 aliphatic carbocycles. The lowest BCUT2D eigenvalue weighted by molar-refractivity contribution is -0.152. The van der Waals surface area contributed by atoms with Crippen LogP contribution in [-0.4, -0.2) is 42.9 Å². The van der Waals surface area contributed by atoms with Gasteiger partial charge in [0.2, 0.25) is 5.91 Å². The highest BCUT2D eigenvalue weighted by molar-refractivity contribution is 6.36. The van der Waals surface area contributed by atoms with Gasteiger partial charge < -0.3 is 20.7 Å². The highest BCUT2D eigenvalue weighted by Gasteiger charge is 2.19. The van der Waals surface area contributed by atoms with E-state index in [1.165, 1.54) is 25.1 Å². The molecule has 0 spiro atoms. The van der Waals surface area contributed by atoms with Gasteiger partial charge in [-0.05, 0) is 43.3 Å². The number of carbonyl (C=O) groups is 4. The SMILES string of the molecule is CC(OC(=O)CNC(=O)CNC(=O)c1ccc(Cl)cc1Cl)C(=O)Nc1cccc(Cl)c1. The molecule has 0 saturated heterocycles. The van der Waals surface area contributed by atoms with Crippen LogP contribution in [0.25, 0.3) is 0 Å². The molecule has 0 radical (unpaired) electrons. The Labute approximate surface area is 193 Å². The summed E-state index contributed by atoms with van der Waals surface area (Å²) in [6.07, 6.45) is -1.10. The van der Waals surface area contributed by atoms with Crippen LogP contribution in [-0.2, 0) is 19.1 Å². The van der Waals surface area contributed by atoms with E-state index in [2.05, 4.69) is 16.0 Å².